The van der Waals surface area contributed by atoms with E-state index in [1.165, 1.54) is 5.56 Å². The molecule has 1 aromatic rings. The molecule has 0 amide bonds. The average molecular weight is 358 g/mol. The van der Waals surface area contributed by atoms with Crippen LogP contribution in [0.2, 0.25) is 0 Å². The van der Waals surface area contributed by atoms with Crippen molar-refractivity contribution in [1.82, 2.24) is 5.32 Å². The van der Waals surface area contributed by atoms with Gasteiger partial charge in [0.2, 0.25) is 0 Å². The van der Waals surface area contributed by atoms with Crippen LogP contribution in [-0.2, 0) is 11.2 Å². The zero-order valence-corrected chi connectivity index (χ0v) is 15.2. The number of nitrogens with one attached hydrogen (secondary N) is 1. The minimum atomic E-state index is 0.227. The largest absolute Gasteiger partial charge is 0.496 e. The molecule has 2 atom stereocenters. The second kappa shape index (κ2) is 10.2. The van der Waals surface area contributed by atoms with Crippen LogP contribution >= 0.6 is 15.9 Å². The highest BCUT2D eigenvalue weighted by Gasteiger charge is 2.21. The summed E-state index contributed by atoms with van der Waals surface area (Å²) in [6.07, 6.45) is 3.26. The van der Waals surface area contributed by atoms with Gasteiger partial charge in [-0.15, -0.1) is 0 Å². The Kier molecular flexibility index (Phi) is 8.97. The van der Waals surface area contributed by atoms with Crippen LogP contribution in [0.25, 0.3) is 0 Å². The highest BCUT2D eigenvalue weighted by Crippen LogP contribution is 2.25. The molecule has 0 spiro atoms. The van der Waals surface area contributed by atoms with E-state index in [1.54, 1.807) is 7.11 Å². The van der Waals surface area contributed by atoms with E-state index in [1.807, 2.05) is 12.1 Å². The summed E-state index contributed by atoms with van der Waals surface area (Å²) in [5.74, 6) is 0.938. The number of rotatable bonds is 10. The minimum Gasteiger partial charge on any atom is -0.496 e. The Morgan fingerprint density at radius 2 is 2.00 bits per heavy atom. The van der Waals surface area contributed by atoms with Gasteiger partial charge < -0.3 is 14.8 Å². The van der Waals surface area contributed by atoms with Gasteiger partial charge >= 0.3 is 0 Å². The van der Waals surface area contributed by atoms with E-state index in [2.05, 4.69) is 48.1 Å². The summed E-state index contributed by atoms with van der Waals surface area (Å²) in [5.41, 5.74) is 1.21. The lowest BCUT2D eigenvalue weighted by Gasteiger charge is -2.28. The maximum Gasteiger partial charge on any atom is 0.122 e. The highest BCUT2D eigenvalue weighted by molar-refractivity contribution is 9.10. The van der Waals surface area contributed by atoms with Gasteiger partial charge in [-0.25, -0.2) is 0 Å². The van der Waals surface area contributed by atoms with Crippen molar-refractivity contribution in [1.29, 1.82) is 0 Å². The number of hydrogen-bond acceptors (Lipinski definition) is 3. The highest BCUT2D eigenvalue weighted by atomic mass is 79.9. The SMILES string of the molecule is CCCNC(Cc1cc(Br)ccc1OC)C(CC)OCC. The van der Waals surface area contributed by atoms with Crippen LogP contribution in [-0.4, -0.2) is 32.4 Å². The van der Waals surface area contributed by atoms with Crippen molar-refractivity contribution in [2.45, 2.75) is 52.2 Å². The fourth-order valence-corrected chi connectivity index (χ4v) is 2.95. The smallest absolute Gasteiger partial charge is 0.122 e. The Morgan fingerprint density at radius 3 is 2.57 bits per heavy atom. The zero-order valence-electron chi connectivity index (χ0n) is 13.6. The molecule has 0 saturated carbocycles. The molecule has 4 heteroatoms. The van der Waals surface area contributed by atoms with Crippen LogP contribution in [0.3, 0.4) is 0 Å². The number of hydrogen-bond donors (Lipinski definition) is 1. The Morgan fingerprint density at radius 1 is 1.24 bits per heavy atom. The lowest BCUT2D eigenvalue weighted by molar-refractivity contribution is 0.0318. The van der Waals surface area contributed by atoms with Crippen molar-refractivity contribution in [3.63, 3.8) is 0 Å². The van der Waals surface area contributed by atoms with E-state index >= 15 is 0 Å². The molecule has 1 aromatic carbocycles. The van der Waals surface area contributed by atoms with Crippen LogP contribution in [0.1, 0.15) is 39.2 Å². The van der Waals surface area contributed by atoms with Crippen molar-refractivity contribution in [2.24, 2.45) is 0 Å². The summed E-state index contributed by atoms with van der Waals surface area (Å²) < 4.78 is 12.5. The zero-order chi connectivity index (χ0) is 15.7. The Hall–Kier alpha value is -0.580. The number of methoxy groups -OCH3 is 1. The quantitative estimate of drug-likeness (QED) is 0.681. The molecule has 3 nitrogen and oxygen atoms in total. The van der Waals surface area contributed by atoms with Gasteiger partial charge in [-0.05, 0) is 56.5 Å². The molecule has 0 bridgehead atoms. The van der Waals surface area contributed by atoms with Crippen molar-refractivity contribution in [3.05, 3.63) is 28.2 Å². The van der Waals surface area contributed by atoms with Gasteiger partial charge in [0, 0.05) is 17.1 Å². The predicted octanol–water partition coefficient (Wildman–Crippen LogP) is 4.18. The summed E-state index contributed by atoms with van der Waals surface area (Å²) in [5, 5.41) is 3.63. The molecule has 21 heavy (non-hydrogen) atoms. The molecule has 0 radical (unpaired) electrons. The molecule has 0 saturated heterocycles. The first-order valence-corrected chi connectivity index (χ1v) is 8.62. The van der Waals surface area contributed by atoms with Crippen molar-refractivity contribution in [2.75, 3.05) is 20.3 Å². The summed E-state index contributed by atoms with van der Waals surface area (Å²) in [6.45, 7) is 8.17. The molecule has 1 N–H and O–H groups in total. The molecule has 2 unspecified atom stereocenters. The predicted molar refractivity (Wildman–Crippen MR) is 92.2 cm³/mol. The number of halogens is 1. The normalized spacial score (nSPS) is 14.0. The second-order valence-corrected chi connectivity index (χ2v) is 6.04. The van der Waals surface area contributed by atoms with Gasteiger partial charge in [0.15, 0.2) is 0 Å². The maximum absolute atomic E-state index is 5.91. The second-order valence-electron chi connectivity index (χ2n) is 5.12. The van der Waals surface area contributed by atoms with E-state index in [-0.39, 0.29) is 6.10 Å². The number of ether oxygens (including phenoxy) is 2. The first-order valence-electron chi connectivity index (χ1n) is 7.83. The Labute approximate surface area is 137 Å². The van der Waals surface area contributed by atoms with Gasteiger partial charge in [0.25, 0.3) is 0 Å². The average Bonchev–Trinajstić information content (AvgIpc) is 2.49. The fourth-order valence-electron chi connectivity index (χ4n) is 2.54. The first-order chi connectivity index (χ1) is 10.2. The minimum absolute atomic E-state index is 0.227. The molecule has 0 aromatic heterocycles. The van der Waals surface area contributed by atoms with Crippen LogP contribution in [0.5, 0.6) is 5.75 Å². The maximum atomic E-state index is 5.91. The third-order valence-corrected chi connectivity index (χ3v) is 4.06. The van der Waals surface area contributed by atoms with Crippen molar-refractivity contribution >= 4 is 15.9 Å². The summed E-state index contributed by atoms with van der Waals surface area (Å²) in [7, 11) is 1.72. The lowest BCUT2D eigenvalue weighted by atomic mass is 9.98. The molecular formula is C17H28BrNO2. The first kappa shape index (κ1) is 18.5. The van der Waals surface area contributed by atoms with Gasteiger partial charge in [0.05, 0.1) is 13.2 Å². The fraction of sp³-hybridized carbons (Fsp3) is 0.647. The molecule has 0 aliphatic carbocycles. The summed E-state index contributed by atoms with van der Waals surface area (Å²) in [4.78, 5) is 0. The van der Waals surface area contributed by atoms with E-state index < -0.39 is 0 Å². The monoisotopic (exact) mass is 357 g/mol. The molecule has 0 aliphatic rings. The van der Waals surface area contributed by atoms with E-state index in [9.17, 15) is 0 Å². The van der Waals surface area contributed by atoms with Gasteiger partial charge in [-0.2, -0.15) is 0 Å². The van der Waals surface area contributed by atoms with E-state index in [0.717, 1.165) is 42.6 Å². The molecule has 0 heterocycles. The standard InChI is InChI=1S/C17H28BrNO2/c1-5-10-19-15(16(6-2)21-7-3)12-13-11-14(18)8-9-17(13)20-4/h8-9,11,15-16,19H,5-7,10,12H2,1-4H3. The van der Waals surface area contributed by atoms with Crippen LogP contribution in [0.4, 0.5) is 0 Å². The van der Waals surface area contributed by atoms with Gasteiger partial charge in [-0.3, -0.25) is 0 Å². The van der Waals surface area contributed by atoms with Crippen LogP contribution < -0.4 is 10.1 Å². The molecular weight excluding hydrogens is 330 g/mol. The van der Waals surface area contributed by atoms with E-state index in [0.29, 0.717) is 6.04 Å². The van der Waals surface area contributed by atoms with Gasteiger partial charge in [-0.1, -0.05) is 29.8 Å². The third-order valence-electron chi connectivity index (χ3n) is 3.57. The molecule has 0 aliphatic heterocycles. The van der Waals surface area contributed by atoms with Crippen LogP contribution in [0.15, 0.2) is 22.7 Å². The van der Waals surface area contributed by atoms with Gasteiger partial charge in [0.1, 0.15) is 5.75 Å². The molecule has 120 valence electrons. The summed E-state index contributed by atoms with van der Waals surface area (Å²) >= 11 is 3.55. The van der Waals surface area contributed by atoms with Crippen LogP contribution in [0, 0.1) is 0 Å². The molecule has 1 rings (SSSR count). The Bertz CT molecular complexity index is 412. The number of benzene rings is 1. The Balaban J connectivity index is 2.91. The summed E-state index contributed by atoms with van der Waals surface area (Å²) in [6, 6.07) is 6.46. The van der Waals surface area contributed by atoms with E-state index in [4.69, 9.17) is 9.47 Å². The third kappa shape index (κ3) is 5.97. The lowest BCUT2D eigenvalue weighted by Crippen LogP contribution is -2.43. The molecule has 0 fully saturated rings. The van der Waals surface area contributed by atoms with Crippen molar-refractivity contribution in [3.8, 4) is 5.75 Å². The van der Waals surface area contributed by atoms with Crippen molar-refractivity contribution < 1.29 is 9.47 Å². The topological polar surface area (TPSA) is 30.5 Å².